The van der Waals surface area contributed by atoms with Crippen LogP contribution in [0.1, 0.15) is 32.6 Å². The van der Waals surface area contributed by atoms with Crippen LogP contribution >= 0.6 is 0 Å². The molecule has 2 heterocycles. The van der Waals surface area contributed by atoms with Gasteiger partial charge in [-0.1, -0.05) is 61.4 Å². The lowest BCUT2D eigenvalue weighted by atomic mass is 10.1. The molecule has 0 saturated carbocycles. The number of para-hydroxylation sites is 2. The van der Waals surface area contributed by atoms with Crippen LogP contribution < -0.4 is 10.6 Å². The normalized spacial score (nSPS) is 12.4. The van der Waals surface area contributed by atoms with Crippen molar-refractivity contribution in [3.05, 3.63) is 97.1 Å². The molecular weight excluding hydrogens is 452 g/mol. The van der Waals surface area contributed by atoms with E-state index in [1.807, 2.05) is 12.1 Å². The molecule has 1 unspecified atom stereocenters. The molecular formula is C33H32N4. The second kappa shape index (κ2) is 10.4. The molecule has 2 N–H and O–H groups in total. The van der Waals surface area contributed by atoms with Crippen molar-refractivity contribution in [3.63, 3.8) is 0 Å². The quantitative estimate of drug-likeness (QED) is 0.159. The van der Waals surface area contributed by atoms with Crippen LogP contribution in [0.25, 0.3) is 43.6 Å². The first kappa shape index (κ1) is 23.2. The Morgan fingerprint density at radius 1 is 0.595 bits per heavy atom. The molecule has 0 aliphatic rings. The summed E-state index contributed by atoms with van der Waals surface area (Å²) in [5.74, 6) is 0. The summed E-state index contributed by atoms with van der Waals surface area (Å²) >= 11 is 0. The van der Waals surface area contributed by atoms with E-state index in [2.05, 4.69) is 102 Å². The molecule has 2 aromatic heterocycles. The van der Waals surface area contributed by atoms with Crippen molar-refractivity contribution in [2.24, 2.45) is 0 Å². The number of hydrogen-bond donors (Lipinski definition) is 2. The molecule has 4 nitrogen and oxygen atoms in total. The van der Waals surface area contributed by atoms with Crippen LogP contribution in [0.2, 0.25) is 0 Å². The average Bonchev–Trinajstić information content (AvgIpc) is 2.93. The Balaban J connectivity index is 1.02. The van der Waals surface area contributed by atoms with E-state index in [9.17, 15) is 0 Å². The molecule has 0 fully saturated rings. The number of rotatable bonds is 9. The number of nitrogens with one attached hydrogen (secondary N) is 2. The molecule has 0 radical (unpaired) electrons. The van der Waals surface area contributed by atoms with E-state index in [1.165, 1.54) is 45.8 Å². The third kappa shape index (κ3) is 5.05. The van der Waals surface area contributed by atoms with E-state index >= 15 is 0 Å². The molecule has 0 saturated heterocycles. The minimum atomic E-state index is 0.405. The fourth-order valence-corrected chi connectivity index (χ4v) is 5.19. The highest BCUT2D eigenvalue weighted by Crippen LogP contribution is 2.28. The fraction of sp³-hybridized carbons (Fsp3) is 0.212. The topological polar surface area (TPSA) is 49.8 Å². The zero-order chi connectivity index (χ0) is 25.0. The first-order chi connectivity index (χ1) is 18.2. The first-order valence-corrected chi connectivity index (χ1v) is 13.3. The zero-order valence-corrected chi connectivity index (χ0v) is 21.2. The largest absolute Gasteiger partial charge is 0.384 e. The van der Waals surface area contributed by atoms with Gasteiger partial charge in [-0.05, 0) is 68.3 Å². The SMILES string of the molecule is CC(CCCCCNc1cccc2nc3ccccc3cc12)Nc1cccc2nc3ccccc3cc12. The second-order valence-electron chi connectivity index (χ2n) is 9.93. The summed E-state index contributed by atoms with van der Waals surface area (Å²) < 4.78 is 0. The highest BCUT2D eigenvalue weighted by atomic mass is 14.9. The number of unbranched alkanes of at least 4 members (excludes halogenated alkanes) is 2. The van der Waals surface area contributed by atoms with Crippen molar-refractivity contribution >= 4 is 55.0 Å². The molecule has 0 bridgehead atoms. The van der Waals surface area contributed by atoms with Crippen LogP contribution in [-0.4, -0.2) is 22.6 Å². The number of benzene rings is 4. The summed E-state index contributed by atoms with van der Waals surface area (Å²) in [5.41, 5.74) is 6.51. The molecule has 37 heavy (non-hydrogen) atoms. The summed E-state index contributed by atoms with van der Waals surface area (Å²) in [5, 5.41) is 12.1. The van der Waals surface area contributed by atoms with Crippen LogP contribution in [-0.2, 0) is 0 Å². The maximum atomic E-state index is 4.85. The predicted molar refractivity (Wildman–Crippen MR) is 159 cm³/mol. The second-order valence-corrected chi connectivity index (χ2v) is 9.93. The number of aromatic nitrogens is 2. The Kier molecular flexibility index (Phi) is 6.55. The third-order valence-electron chi connectivity index (χ3n) is 7.15. The van der Waals surface area contributed by atoms with Gasteiger partial charge in [-0.3, -0.25) is 0 Å². The number of hydrogen-bond acceptors (Lipinski definition) is 4. The van der Waals surface area contributed by atoms with Crippen LogP contribution in [0.3, 0.4) is 0 Å². The lowest BCUT2D eigenvalue weighted by Gasteiger charge is -2.17. The highest BCUT2D eigenvalue weighted by molar-refractivity contribution is 6.00. The van der Waals surface area contributed by atoms with E-state index in [-0.39, 0.29) is 0 Å². The first-order valence-electron chi connectivity index (χ1n) is 13.3. The maximum Gasteiger partial charge on any atom is 0.0730 e. The number of pyridine rings is 2. The van der Waals surface area contributed by atoms with Crippen molar-refractivity contribution in [1.29, 1.82) is 0 Å². The monoisotopic (exact) mass is 484 g/mol. The molecule has 1 atom stereocenters. The van der Waals surface area contributed by atoms with E-state index < -0.39 is 0 Å². The number of nitrogens with zero attached hydrogens (tertiary/aromatic N) is 2. The summed E-state index contributed by atoms with van der Waals surface area (Å²) in [6.45, 7) is 3.24. The van der Waals surface area contributed by atoms with Crippen molar-refractivity contribution in [3.8, 4) is 0 Å². The van der Waals surface area contributed by atoms with Crippen molar-refractivity contribution in [2.75, 3.05) is 17.2 Å². The Bertz CT molecular complexity index is 1690. The molecule has 6 rings (SSSR count). The minimum Gasteiger partial charge on any atom is -0.384 e. The molecule has 0 amide bonds. The van der Waals surface area contributed by atoms with Gasteiger partial charge in [0, 0.05) is 45.5 Å². The fourth-order valence-electron chi connectivity index (χ4n) is 5.19. The van der Waals surface area contributed by atoms with E-state index in [0.717, 1.165) is 41.5 Å². The van der Waals surface area contributed by atoms with Crippen LogP contribution in [0.5, 0.6) is 0 Å². The molecule has 4 heteroatoms. The van der Waals surface area contributed by atoms with E-state index in [1.54, 1.807) is 0 Å². The molecule has 0 aliphatic heterocycles. The standard InChI is InChI=1S/C33H32N4/c1-23(35-31-17-10-19-33-27(31)22-25-13-5-7-15-29(25)37-33)11-3-2-8-20-34-30-16-9-18-32-26(30)21-24-12-4-6-14-28(24)36-32/h4-7,9-10,12-19,21-23,34-35H,2-3,8,11,20H2,1H3. The third-order valence-corrected chi connectivity index (χ3v) is 7.15. The van der Waals surface area contributed by atoms with Crippen molar-refractivity contribution in [1.82, 2.24) is 9.97 Å². The van der Waals surface area contributed by atoms with Gasteiger partial charge in [0.2, 0.25) is 0 Å². The highest BCUT2D eigenvalue weighted by Gasteiger charge is 2.08. The van der Waals surface area contributed by atoms with Crippen molar-refractivity contribution < 1.29 is 0 Å². The van der Waals surface area contributed by atoms with Gasteiger partial charge in [0.25, 0.3) is 0 Å². The lowest BCUT2D eigenvalue weighted by Crippen LogP contribution is -2.15. The van der Waals surface area contributed by atoms with E-state index in [0.29, 0.717) is 6.04 Å². The minimum absolute atomic E-state index is 0.405. The summed E-state index contributed by atoms with van der Waals surface area (Å²) in [4.78, 5) is 9.68. The van der Waals surface area contributed by atoms with Gasteiger partial charge in [-0.15, -0.1) is 0 Å². The summed E-state index contributed by atoms with van der Waals surface area (Å²) in [7, 11) is 0. The van der Waals surface area contributed by atoms with Gasteiger partial charge in [-0.2, -0.15) is 0 Å². The Morgan fingerprint density at radius 2 is 1.16 bits per heavy atom. The molecule has 6 aromatic rings. The van der Waals surface area contributed by atoms with Gasteiger partial charge < -0.3 is 10.6 Å². The van der Waals surface area contributed by atoms with Gasteiger partial charge in [0.1, 0.15) is 0 Å². The predicted octanol–water partition coefficient (Wildman–Crippen LogP) is 8.56. The van der Waals surface area contributed by atoms with Crippen molar-refractivity contribution in [2.45, 2.75) is 38.6 Å². The van der Waals surface area contributed by atoms with Gasteiger partial charge in [0.15, 0.2) is 0 Å². The molecule has 0 spiro atoms. The van der Waals surface area contributed by atoms with Crippen LogP contribution in [0, 0.1) is 0 Å². The Labute approximate surface area is 217 Å². The van der Waals surface area contributed by atoms with Crippen LogP contribution in [0.4, 0.5) is 11.4 Å². The molecule has 4 aromatic carbocycles. The molecule has 184 valence electrons. The lowest BCUT2D eigenvalue weighted by molar-refractivity contribution is 0.608. The zero-order valence-electron chi connectivity index (χ0n) is 21.2. The number of anilines is 2. The molecule has 0 aliphatic carbocycles. The summed E-state index contributed by atoms with van der Waals surface area (Å²) in [6.07, 6.45) is 4.69. The van der Waals surface area contributed by atoms with Crippen LogP contribution in [0.15, 0.2) is 97.1 Å². The van der Waals surface area contributed by atoms with E-state index in [4.69, 9.17) is 9.97 Å². The smallest absolute Gasteiger partial charge is 0.0730 e. The number of fused-ring (bicyclic) bond motifs is 4. The van der Waals surface area contributed by atoms with Gasteiger partial charge in [0.05, 0.1) is 22.1 Å². The maximum absolute atomic E-state index is 4.85. The Morgan fingerprint density at radius 3 is 1.84 bits per heavy atom. The van der Waals surface area contributed by atoms with Gasteiger partial charge >= 0.3 is 0 Å². The average molecular weight is 485 g/mol. The summed E-state index contributed by atoms with van der Waals surface area (Å²) in [6, 6.07) is 34.2. The van der Waals surface area contributed by atoms with Gasteiger partial charge in [-0.25, -0.2) is 9.97 Å². The Hall–Kier alpha value is -4.18.